The Morgan fingerprint density at radius 3 is 2.23 bits per heavy atom. The van der Waals surface area contributed by atoms with E-state index in [9.17, 15) is 18.0 Å². The van der Waals surface area contributed by atoms with Gasteiger partial charge < -0.3 is 10.2 Å². The second kappa shape index (κ2) is 12.4. The van der Waals surface area contributed by atoms with Crippen molar-refractivity contribution in [2.45, 2.75) is 57.7 Å². The molecule has 0 unspecified atom stereocenters. The smallest absolute Gasteiger partial charge is 0.244 e. The Bertz CT molecular complexity index is 1120. The minimum Gasteiger partial charge on any atom is -0.352 e. The fourth-order valence-corrected chi connectivity index (χ4v) is 5.49. The minimum atomic E-state index is -3.74. The highest BCUT2D eigenvalue weighted by atomic mass is 127. The Balaban J connectivity index is 1.85. The zero-order chi connectivity index (χ0) is 25.6. The molecule has 7 nitrogen and oxygen atoms in total. The maximum atomic E-state index is 13.6. The SMILES string of the molecule is C[C@H](C(=O)NC1CCCCC1)N(Cc1ccc(Cl)cc1)C(=O)CN(c1ccc(I)cc1)S(C)(=O)=O. The number of hydrogen-bond donors (Lipinski definition) is 1. The summed E-state index contributed by atoms with van der Waals surface area (Å²) in [4.78, 5) is 28.1. The van der Waals surface area contributed by atoms with E-state index in [-0.39, 0.29) is 18.5 Å². The number of carbonyl (C=O) groups is 2. The molecule has 2 amide bonds. The normalized spacial score (nSPS) is 15.3. The van der Waals surface area contributed by atoms with Crippen molar-refractivity contribution in [2.75, 3.05) is 17.1 Å². The Kier molecular flexibility index (Phi) is 9.83. The first kappa shape index (κ1) is 27.7. The van der Waals surface area contributed by atoms with Crippen molar-refractivity contribution in [3.8, 4) is 0 Å². The lowest BCUT2D eigenvalue weighted by molar-refractivity contribution is -0.139. The van der Waals surface area contributed by atoms with Crippen LogP contribution in [0.15, 0.2) is 48.5 Å². The number of carbonyl (C=O) groups excluding carboxylic acids is 2. The summed E-state index contributed by atoms with van der Waals surface area (Å²) >= 11 is 8.14. The topological polar surface area (TPSA) is 86.8 Å². The Morgan fingerprint density at radius 2 is 1.66 bits per heavy atom. The second-order valence-corrected chi connectivity index (χ2v) is 12.5. The Labute approximate surface area is 226 Å². The van der Waals surface area contributed by atoms with Gasteiger partial charge in [-0.3, -0.25) is 13.9 Å². The highest BCUT2D eigenvalue weighted by Crippen LogP contribution is 2.22. The summed E-state index contributed by atoms with van der Waals surface area (Å²) < 4.78 is 27.2. The molecule has 0 aromatic heterocycles. The van der Waals surface area contributed by atoms with Crippen molar-refractivity contribution >= 4 is 61.7 Å². The highest BCUT2D eigenvalue weighted by molar-refractivity contribution is 14.1. The zero-order valence-corrected chi connectivity index (χ0v) is 23.6. The molecule has 190 valence electrons. The van der Waals surface area contributed by atoms with Crippen LogP contribution in [0.1, 0.15) is 44.6 Å². The number of nitrogens with one attached hydrogen (secondary N) is 1. The number of sulfonamides is 1. The van der Waals surface area contributed by atoms with Crippen LogP contribution in [0.25, 0.3) is 0 Å². The van der Waals surface area contributed by atoms with Gasteiger partial charge in [-0.25, -0.2) is 8.42 Å². The molecule has 1 atom stereocenters. The van der Waals surface area contributed by atoms with Crippen LogP contribution in [-0.2, 0) is 26.2 Å². The Morgan fingerprint density at radius 1 is 1.06 bits per heavy atom. The monoisotopic (exact) mass is 631 g/mol. The van der Waals surface area contributed by atoms with E-state index in [4.69, 9.17) is 11.6 Å². The van der Waals surface area contributed by atoms with E-state index in [1.54, 1.807) is 55.5 Å². The van der Waals surface area contributed by atoms with Crippen LogP contribution >= 0.6 is 34.2 Å². The standard InChI is InChI=1S/C25H31ClIN3O4S/c1-18(25(32)28-22-6-4-3-5-7-22)29(16-19-8-10-20(26)11-9-19)24(31)17-30(35(2,33)34)23-14-12-21(27)13-15-23/h8-15,18,22H,3-7,16-17H2,1-2H3,(H,28,32)/t18-/m1/s1. The molecular formula is C25H31ClIN3O4S. The first-order chi connectivity index (χ1) is 16.5. The number of amides is 2. The van der Waals surface area contributed by atoms with Gasteiger partial charge in [0.2, 0.25) is 21.8 Å². The van der Waals surface area contributed by atoms with Gasteiger partial charge in [0.25, 0.3) is 0 Å². The van der Waals surface area contributed by atoms with Gasteiger partial charge in [-0.2, -0.15) is 0 Å². The summed E-state index contributed by atoms with van der Waals surface area (Å²) in [5, 5.41) is 3.65. The van der Waals surface area contributed by atoms with Crippen LogP contribution in [0.2, 0.25) is 5.02 Å². The number of anilines is 1. The lowest BCUT2D eigenvalue weighted by Crippen LogP contribution is -2.52. The van der Waals surface area contributed by atoms with Crippen LogP contribution in [-0.4, -0.2) is 50.0 Å². The number of benzene rings is 2. The second-order valence-electron chi connectivity index (χ2n) is 8.91. The third kappa shape index (κ3) is 8.08. The molecule has 2 aromatic carbocycles. The first-order valence-electron chi connectivity index (χ1n) is 11.6. The van der Waals surface area contributed by atoms with Crippen molar-refractivity contribution < 1.29 is 18.0 Å². The minimum absolute atomic E-state index is 0.102. The predicted octanol–water partition coefficient (Wildman–Crippen LogP) is 4.58. The van der Waals surface area contributed by atoms with Crippen molar-refractivity contribution in [1.29, 1.82) is 0 Å². The predicted molar refractivity (Wildman–Crippen MR) is 148 cm³/mol. The molecule has 1 aliphatic carbocycles. The zero-order valence-electron chi connectivity index (χ0n) is 19.9. The average molecular weight is 632 g/mol. The van der Waals surface area contributed by atoms with E-state index >= 15 is 0 Å². The summed E-state index contributed by atoms with van der Waals surface area (Å²) in [6.45, 7) is 1.43. The van der Waals surface area contributed by atoms with Crippen molar-refractivity contribution in [2.24, 2.45) is 0 Å². The maximum Gasteiger partial charge on any atom is 0.244 e. The summed E-state index contributed by atoms with van der Waals surface area (Å²) in [5.41, 5.74) is 1.19. The number of hydrogen-bond acceptors (Lipinski definition) is 4. The van der Waals surface area contributed by atoms with Crippen LogP contribution in [0.3, 0.4) is 0 Å². The van der Waals surface area contributed by atoms with Crippen LogP contribution in [0.5, 0.6) is 0 Å². The van der Waals surface area contributed by atoms with Gasteiger partial charge in [0.15, 0.2) is 0 Å². The molecule has 10 heteroatoms. The molecule has 0 heterocycles. The van der Waals surface area contributed by atoms with Gasteiger partial charge in [0, 0.05) is 21.2 Å². The van der Waals surface area contributed by atoms with Gasteiger partial charge in [0.1, 0.15) is 12.6 Å². The van der Waals surface area contributed by atoms with Crippen molar-refractivity contribution in [3.05, 3.63) is 62.7 Å². The van der Waals surface area contributed by atoms with E-state index in [1.165, 1.54) is 11.3 Å². The summed E-state index contributed by atoms with van der Waals surface area (Å²) in [5.74, 6) is -0.699. The van der Waals surface area contributed by atoms with Gasteiger partial charge >= 0.3 is 0 Å². The molecule has 35 heavy (non-hydrogen) atoms. The van der Waals surface area contributed by atoms with Crippen molar-refractivity contribution in [3.63, 3.8) is 0 Å². The van der Waals surface area contributed by atoms with Gasteiger partial charge in [-0.15, -0.1) is 0 Å². The number of rotatable bonds is 9. The molecular weight excluding hydrogens is 601 g/mol. The first-order valence-corrected chi connectivity index (χ1v) is 14.9. The number of halogens is 2. The lowest BCUT2D eigenvalue weighted by Gasteiger charge is -2.33. The van der Waals surface area contributed by atoms with E-state index in [0.29, 0.717) is 10.7 Å². The third-order valence-electron chi connectivity index (χ3n) is 6.18. The third-order valence-corrected chi connectivity index (χ3v) is 8.29. The van der Waals surface area contributed by atoms with Crippen LogP contribution in [0, 0.1) is 3.57 Å². The molecule has 0 radical (unpaired) electrons. The molecule has 2 aromatic rings. The molecule has 1 saturated carbocycles. The van der Waals surface area contributed by atoms with E-state index in [2.05, 4.69) is 27.9 Å². The fraction of sp³-hybridized carbons (Fsp3) is 0.440. The fourth-order valence-electron chi connectivity index (χ4n) is 4.16. The largest absolute Gasteiger partial charge is 0.352 e. The quantitative estimate of drug-likeness (QED) is 0.411. The van der Waals surface area contributed by atoms with Crippen molar-refractivity contribution in [1.82, 2.24) is 10.2 Å². The lowest BCUT2D eigenvalue weighted by atomic mass is 9.95. The maximum absolute atomic E-state index is 13.6. The summed E-state index contributed by atoms with van der Waals surface area (Å²) in [6, 6.07) is 13.3. The molecule has 0 aliphatic heterocycles. The van der Waals surface area contributed by atoms with Crippen LogP contribution < -0.4 is 9.62 Å². The molecule has 1 fully saturated rings. The van der Waals surface area contributed by atoms with E-state index < -0.39 is 28.5 Å². The molecule has 3 rings (SSSR count). The summed E-state index contributed by atoms with van der Waals surface area (Å²) in [6.07, 6.45) is 6.25. The molecule has 0 bridgehead atoms. The molecule has 1 N–H and O–H groups in total. The number of nitrogens with zero attached hydrogens (tertiary/aromatic N) is 2. The van der Waals surface area contributed by atoms with Gasteiger partial charge in [0.05, 0.1) is 11.9 Å². The summed E-state index contributed by atoms with van der Waals surface area (Å²) in [7, 11) is -3.74. The molecule has 0 spiro atoms. The molecule has 1 aliphatic rings. The van der Waals surface area contributed by atoms with Gasteiger partial charge in [-0.1, -0.05) is 43.0 Å². The average Bonchev–Trinajstić information content (AvgIpc) is 2.82. The molecule has 0 saturated heterocycles. The van der Waals surface area contributed by atoms with Crippen LogP contribution in [0.4, 0.5) is 5.69 Å². The van der Waals surface area contributed by atoms with E-state index in [1.807, 2.05) is 0 Å². The highest BCUT2D eigenvalue weighted by Gasteiger charge is 2.31. The Hall–Kier alpha value is -1.85. The van der Waals surface area contributed by atoms with E-state index in [0.717, 1.165) is 45.4 Å². The van der Waals surface area contributed by atoms with Gasteiger partial charge in [-0.05, 0) is 84.3 Å².